The molecule has 1 N–H and O–H groups in total. The summed E-state index contributed by atoms with van der Waals surface area (Å²) < 4.78 is 5.94. The molecule has 0 spiro atoms. The Labute approximate surface area is 112 Å². The van der Waals surface area contributed by atoms with Crippen molar-refractivity contribution in [1.29, 1.82) is 0 Å². The monoisotopic (exact) mass is 268 g/mol. The predicted octanol–water partition coefficient (Wildman–Crippen LogP) is 4.11. The molecule has 1 saturated carbocycles. The van der Waals surface area contributed by atoms with Gasteiger partial charge in [0.05, 0.1) is 6.10 Å². The number of carboxylic acids is 1. The molecule has 4 heteroatoms. The molecule has 1 aliphatic rings. The molecule has 1 aromatic rings. The molecule has 1 heterocycles. The predicted molar refractivity (Wildman–Crippen MR) is 72.8 cm³/mol. The average molecular weight is 268 g/mol. The molecule has 0 unspecified atom stereocenters. The third kappa shape index (κ3) is 3.25. The minimum absolute atomic E-state index is 0.199. The second-order valence-corrected chi connectivity index (χ2v) is 5.93. The fourth-order valence-corrected chi connectivity index (χ4v) is 3.24. The van der Waals surface area contributed by atoms with Crippen LogP contribution in [0.5, 0.6) is 5.75 Å². The summed E-state index contributed by atoms with van der Waals surface area (Å²) >= 11 is 1.34. The van der Waals surface area contributed by atoms with Crippen molar-refractivity contribution in [2.45, 2.75) is 58.0 Å². The highest BCUT2D eigenvalue weighted by atomic mass is 32.1. The van der Waals surface area contributed by atoms with Gasteiger partial charge in [0.1, 0.15) is 5.75 Å². The van der Waals surface area contributed by atoms with Gasteiger partial charge in [0.15, 0.2) is 4.88 Å². The van der Waals surface area contributed by atoms with Crippen molar-refractivity contribution < 1.29 is 14.6 Å². The maximum absolute atomic E-state index is 11.2. The fraction of sp³-hybridized carbons (Fsp3) is 0.643. The number of carboxylic acid groups (broad SMARTS) is 1. The van der Waals surface area contributed by atoms with Crippen LogP contribution in [0.3, 0.4) is 0 Å². The van der Waals surface area contributed by atoms with Gasteiger partial charge in [-0.2, -0.15) is 0 Å². The molecule has 0 bridgehead atoms. The zero-order valence-corrected chi connectivity index (χ0v) is 11.6. The van der Waals surface area contributed by atoms with E-state index < -0.39 is 5.97 Å². The highest BCUT2D eigenvalue weighted by Gasteiger charge is 2.20. The molecule has 2 rings (SSSR count). The number of hydrogen-bond acceptors (Lipinski definition) is 3. The molecule has 0 amide bonds. The highest BCUT2D eigenvalue weighted by Crippen LogP contribution is 2.32. The molecule has 0 saturated heterocycles. The summed E-state index contributed by atoms with van der Waals surface area (Å²) in [4.78, 5) is 12.6. The number of ether oxygens (including phenoxy) is 1. The van der Waals surface area contributed by atoms with Crippen molar-refractivity contribution in [1.82, 2.24) is 0 Å². The lowest BCUT2D eigenvalue weighted by Gasteiger charge is -2.16. The second kappa shape index (κ2) is 6.23. The lowest BCUT2D eigenvalue weighted by atomic mass is 10.1. The van der Waals surface area contributed by atoms with E-state index in [0.717, 1.165) is 24.1 Å². The number of thiophene rings is 1. The Kier molecular flexibility index (Phi) is 4.64. The van der Waals surface area contributed by atoms with Crippen LogP contribution in [0.4, 0.5) is 0 Å². The van der Waals surface area contributed by atoms with Gasteiger partial charge in [-0.05, 0) is 38.2 Å². The van der Waals surface area contributed by atoms with Gasteiger partial charge in [-0.25, -0.2) is 4.79 Å². The lowest BCUT2D eigenvalue weighted by Crippen LogP contribution is -2.16. The first-order chi connectivity index (χ1) is 8.70. The van der Waals surface area contributed by atoms with E-state index in [1.165, 1.54) is 37.0 Å². The van der Waals surface area contributed by atoms with E-state index in [1.807, 2.05) is 13.0 Å². The maximum Gasteiger partial charge on any atom is 0.349 e. The van der Waals surface area contributed by atoms with E-state index in [0.29, 0.717) is 10.6 Å². The minimum Gasteiger partial charge on any atom is -0.489 e. The standard InChI is InChI=1S/C14H20O3S/c1-2-11-9-12(13(18-11)14(15)16)17-10-7-5-3-4-6-8-10/h9-10H,2-8H2,1H3,(H,15,16). The van der Waals surface area contributed by atoms with Gasteiger partial charge in [0, 0.05) is 4.88 Å². The van der Waals surface area contributed by atoms with Crippen molar-refractivity contribution in [2.75, 3.05) is 0 Å². The highest BCUT2D eigenvalue weighted by molar-refractivity contribution is 7.14. The maximum atomic E-state index is 11.2. The normalized spacial score (nSPS) is 17.4. The third-order valence-corrected chi connectivity index (χ3v) is 4.64. The van der Waals surface area contributed by atoms with E-state index in [1.54, 1.807) is 0 Å². The molecule has 1 aliphatic carbocycles. The molecule has 0 aromatic carbocycles. The first kappa shape index (κ1) is 13.4. The van der Waals surface area contributed by atoms with Gasteiger partial charge in [-0.15, -0.1) is 11.3 Å². The first-order valence-corrected chi connectivity index (χ1v) is 7.55. The Morgan fingerprint density at radius 3 is 2.61 bits per heavy atom. The quantitative estimate of drug-likeness (QED) is 0.836. The Bertz CT molecular complexity index is 403. The Morgan fingerprint density at radius 1 is 1.39 bits per heavy atom. The van der Waals surface area contributed by atoms with Gasteiger partial charge in [0.25, 0.3) is 0 Å². The summed E-state index contributed by atoms with van der Waals surface area (Å²) in [5.74, 6) is -0.292. The molecular weight excluding hydrogens is 248 g/mol. The topological polar surface area (TPSA) is 46.5 Å². The molecule has 100 valence electrons. The summed E-state index contributed by atoms with van der Waals surface area (Å²) in [5, 5.41) is 9.19. The Morgan fingerprint density at radius 2 is 2.06 bits per heavy atom. The molecule has 3 nitrogen and oxygen atoms in total. The number of aryl methyl sites for hydroxylation is 1. The minimum atomic E-state index is -0.872. The molecule has 0 atom stereocenters. The largest absolute Gasteiger partial charge is 0.489 e. The third-order valence-electron chi connectivity index (χ3n) is 3.39. The van der Waals surface area contributed by atoms with Gasteiger partial charge in [0.2, 0.25) is 0 Å². The van der Waals surface area contributed by atoms with Crippen molar-refractivity contribution >= 4 is 17.3 Å². The van der Waals surface area contributed by atoms with Crippen LogP contribution in [0, 0.1) is 0 Å². The van der Waals surface area contributed by atoms with Gasteiger partial charge < -0.3 is 9.84 Å². The van der Waals surface area contributed by atoms with Crippen LogP contribution in [-0.4, -0.2) is 17.2 Å². The molecule has 0 radical (unpaired) electrons. The van der Waals surface area contributed by atoms with Crippen molar-refractivity contribution in [3.8, 4) is 5.75 Å². The number of aromatic carboxylic acids is 1. The van der Waals surface area contributed by atoms with Gasteiger partial charge in [-0.1, -0.05) is 19.8 Å². The van der Waals surface area contributed by atoms with Gasteiger partial charge >= 0.3 is 5.97 Å². The van der Waals surface area contributed by atoms with E-state index >= 15 is 0 Å². The van der Waals surface area contributed by atoms with E-state index in [4.69, 9.17) is 4.74 Å². The number of hydrogen-bond donors (Lipinski definition) is 1. The SMILES string of the molecule is CCc1cc(OC2CCCCCC2)c(C(=O)O)s1. The van der Waals surface area contributed by atoms with Crippen LogP contribution in [0.1, 0.15) is 60.0 Å². The molecule has 1 fully saturated rings. The van der Waals surface area contributed by atoms with Crippen LogP contribution in [0.2, 0.25) is 0 Å². The van der Waals surface area contributed by atoms with Crippen molar-refractivity contribution in [2.24, 2.45) is 0 Å². The van der Waals surface area contributed by atoms with Gasteiger partial charge in [-0.3, -0.25) is 0 Å². The van der Waals surface area contributed by atoms with Crippen LogP contribution < -0.4 is 4.74 Å². The number of rotatable bonds is 4. The lowest BCUT2D eigenvalue weighted by molar-refractivity contribution is 0.0694. The number of carbonyl (C=O) groups is 1. The van der Waals surface area contributed by atoms with Crippen LogP contribution >= 0.6 is 11.3 Å². The molecular formula is C14H20O3S. The first-order valence-electron chi connectivity index (χ1n) is 6.73. The Hall–Kier alpha value is -1.03. The van der Waals surface area contributed by atoms with E-state index in [-0.39, 0.29) is 6.10 Å². The zero-order valence-electron chi connectivity index (χ0n) is 10.8. The molecule has 18 heavy (non-hydrogen) atoms. The zero-order chi connectivity index (χ0) is 13.0. The summed E-state index contributed by atoms with van der Waals surface area (Å²) in [6.45, 7) is 2.03. The van der Waals surface area contributed by atoms with Crippen molar-refractivity contribution in [3.05, 3.63) is 15.8 Å². The molecule has 0 aliphatic heterocycles. The van der Waals surface area contributed by atoms with E-state index in [9.17, 15) is 9.90 Å². The van der Waals surface area contributed by atoms with Crippen LogP contribution in [0.15, 0.2) is 6.07 Å². The summed E-state index contributed by atoms with van der Waals surface area (Å²) in [6, 6.07) is 1.90. The average Bonchev–Trinajstić information content (AvgIpc) is 2.58. The Balaban J connectivity index is 2.11. The second-order valence-electron chi connectivity index (χ2n) is 4.80. The van der Waals surface area contributed by atoms with Crippen LogP contribution in [0.25, 0.3) is 0 Å². The van der Waals surface area contributed by atoms with E-state index in [2.05, 4.69) is 0 Å². The summed E-state index contributed by atoms with van der Waals surface area (Å²) in [7, 11) is 0. The summed E-state index contributed by atoms with van der Waals surface area (Å²) in [5.41, 5.74) is 0. The fourth-order valence-electron chi connectivity index (χ4n) is 2.37. The molecule has 1 aromatic heterocycles. The van der Waals surface area contributed by atoms with Crippen molar-refractivity contribution in [3.63, 3.8) is 0 Å². The summed E-state index contributed by atoms with van der Waals surface area (Å²) in [6.07, 6.45) is 8.09. The smallest absolute Gasteiger partial charge is 0.349 e. The van der Waals surface area contributed by atoms with Crippen LogP contribution in [-0.2, 0) is 6.42 Å².